The van der Waals surface area contributed by atoms with E-state index in [0.717, 1.165) is 37.1 Å². The molecule has 1 heterocycles. The number of sulfonamides is 2. The zero-order chi connectivity index (χ0) is 32.1. The van der Waals surface area contributed by atoms with E-state index >= 15 is 0 Å². The molecule has 0 aliphatic heterocycles. The average Bonchev–Trinajstić information content (AvgIpc) is 3.81. The fourth-order valence-electron chi connectivity index (χ4n) is 3.96. The summed E-state index contributed by atoms with van der Waals surface area (Å²) < 4.78 is 95.7. The fourth-order valence-corrected chi connectivity index (χ4v) is 6.19. The molecule has 2 aromatic carbocycles. The molecule has 4 rings (SSSR count). The summed E-state index contributed by atoms with van der Waals surface area (Å²) in [5.41, 5.74) is 0.713. The van der Waals surface area contributed by atoms with Gasteiger partial charge in [-0.2, -0.15) is 13.5 Å². The summed E-state index contributed by atoms with van der Waals surface area (Å²) >= 11 is 12.6. The van der Waals surface area contributed by atoms with Gasteiger partial charge in [0.15, 0.2) is 23.9 Å². The molecule has 1 aliphatic carbocycles. The Bertz CT molecular complexity index is 1690. The maximum Gasteiger partial charge on any atom is 0.387 e. The van der Waals surface area contributed by atoms with E-state index in [1.54, 1.807) is 0 Å². The van der Waals surface area contributed by atoms with Crippen LogP contribution in [0, 0.1) is 5.92 Å². The molecule has 17 heteroatoms. The number of hydrogen-bond donors (Lipinski definition) is 2. The monoisotopic (exact) mass is 694 g/mol. The number of nitrogens with one attached hydrogen (secondary N) is 3. The number of hydrogen-bond acceptors (Lipinski definition) is 8. The molecule has 0 amide bonds. The summed E-state index contributed by atoms with van der Waals surface area (Å²) in [5.74, 6) is -0.891. The number of ether oxygens (including phenoxy) is 3. The minimum Gasteiger partial charge on any atom is -0.489 e. The SMILES string of the molecule is CNS(=O)(=O)c1ccc(S(=O)(=O)NCC(=O)O[C@@H](Cc2c(Cl)c[nH+]cc2Cl)c2ccc(OC(F)F)c(OCC3CC3)c2)cc1. The summed E-state index contributed by atoms with van der Waals surface area (Å²) in [6.45, 7) is -3.62. The second kappa shape index (κ2) is 14.3. The normalized spacial score (nSPS) is 14.3. The van der Waals surface area contributed by atoms with Gasteiger partial charge in [-0.05, 0) is 67.8 Å². The van der Waals surface area contributed by atoms with Crippen molar-refractivity contribution < 1.29 is 49.6 Å². The van der Waals surface area contributed by atoms with Crippen LogP contribution < -0.4 is 23.9 Å². The lowest BCUT2D eigenvalue weighted by Gasteiger charge is -2.21. The van der Waals surface area contributed by atoms with Crippen molar-refractivity contribution in [3.8, 4) is 11.5 Å². The minimum atomic E-state index is -4.25. The van der Waals surface area contributed by atoms with Crippen LogP contribution in [-0.2, 0) is 36.0 Å². The van der Waals surface area contributed by atoms with Gasteiger partial charge in [0.2, 0.25) is 20.0 Å². The van der Waals surface area contributed by atoms with Crippen molar-refractivity contribution in [1.82, 2.24) is 9.44 Å². The van der Waals surface area contributed by atoms with Gasteiger partial charge in [-0.1, -0.05) is 29.3 Å². The Morgan fingerprint density at radius 3 is 2.16 bits per heavy atom. The number of benzene rings is 2. The lowest BCUT2D eigenvalue weighted by molar-refractivity contribution is -0.377. The lowest BCUT2D eigenvalue weighted by Crippen LogP contribution is -2.31. The Hall–Kier alpha value is -3.08. The number of pyridine rings is 1. The highest BCUT2D eigenvalue weighted by Gasteiger charge is 2.27. The highest BCUT2D eigenvalue weighted by molar-refractivity contribution is 7.90. The van der Waals surface area contributed by atoms with Gasteiger partial charge in [-0.3, -0.25) is 4.79 Å². The number of H-pyrrole nitrogens is 1. The highest BCUT2D eigenvalue weighted by Crippen LogP contribution is 2.37. The Kier molecular flexibility index (Phi) is 11.0. The Morgan fingerprint density at radius 1 is 0.977 bits per heavy atom. The van der Waals surface area contributed by atoms with Gasteiger partial charge < -0.3 is 14.2 Å². The van der Waals surface area contributed by atoms with Gasteiger partial charge >= 0.3 is 12.6 Å². The smallest absolute Gasteiger partial charge is 0.387 e. The highest BCUT2D eigenvalue weighted by atomic mass is 35.5. The number of halogens is 4. The first-order chi connectivity index (χ1) is 20.8. The maximum absolute atomic E-state index is 13.0. The Labute approximate surface area is 262 Å². The van der Waals surface area contributed by atoms with Crippen molar-refractivity contribution in [2.45, 2.75) is 41.8 Å². The number of aromatic amines is 1. The fraction of sp³-hybridized carbons (Fsp3) is 0.333. The summed E-state index contributed by atoms with van der Waals surface area (Å²) in [7, 11) is -6.83. The second-order valence-electron chi connectivity index (χ2n) is 9.65. The van der Waals surface area contributed by atoms with Gasteiger partial charge in [0.05, 0.1) is 16.4 Å². The molecule has 3 N–H and O–H groups in total. The maximum atomic E-state index is 13.0. The molecule has 1 atom stereocenters. The third-order valence-electron chi connectivity index (χ3n) is 6.51. The Balaban J connectivity index is 1.56. The standard InChI is InChI=1S/C27H27Cl2F2N3O8S2/c1-32-43(36,37)18-5-7-19(8-6-18)44(38,39)34-14-26(35)41-24(11-20-21(28)12-33-13-22(20)29)17-4-9-23(42-27(30)31)25(10-17)40-15-16-2-3-16/h4-10,12-13,16,24,27,32,34H,2-3,11,14-15H2,1H3/p+1/t24-/m0/s1. The second-order valence-corrected chi connectivity index (χ2v) is 14.1. The molecule has 0 spiro atoms. The van der Waals surface area contributed by atoms with Gasteiger partial charge in [0.25, 0.3) is 0 Å². The van der Waals surface area contributed by atoms with Crippen LogP contribution in [0.3, 0.4) is 0 Å². The molecule has 0 saturated heterocycles. The van der Waals surface area contributed by atoms with Gasteiger partial charge in [0, 0.05) is 12.0 Å². The van der Waals surface area contributed by atoms with Crippen molar-refractivity contribution in [2.24, 2.45) is 5.92 Å². The number of carbonyl (C=O) groups is 1. The van der Waals surface area contributed by atoms with Crippen LogP contribution in [0.4, 0.5) is 8.78 Å². The van der Waals surface area contributed by atoms with Crippen LogP contribution >= 0.6 is 23.2 Å². The van der Waals surface area contributed by atoms with E-state index < -0.39 is 45.3 Å². The zero-order valence-electron chi connectivity index (χ0n) is 23.1. The molecular formula is C27H28Cl2F2N3O8S2+. The number of alkyl halides is 2. The molecule has 1 aromatic heterocycles. The van der Waals surface area contributed by atoms with Crippen molar-refractivity contribution in [3.63, 3.8) is 0 Å². The van der Waals surface area contributed by atoms with Crippen LogP contribution in [0.1, 0.15) is 30.1 Å². The number of carbonyl (C=O) groups excluding carboxylic acids is 1. The summed E-state index contributed by atoms with van der Waals surface area (Å²) in [6, 6.07) is 8.41. The molecule has 0 bridgehead atoms. The molecule has 0 unspecified atom stereocenters. The van der Waals surface area contributed by atoms with Crippen molar-refractivity contribution >= 4 is 49.2 Å². The van der Waals surface area contributed by atoms with Crippen LogP contribution in [-0.4, -0.2) is 49.6 Å². The predicted octanol–water partition coefficient (Wildman–Crippen LogP) is 3.91. The first kappa shape index (κ1) is 33.8. The van der Waals surface area contributed by atoms with Crippen molar-refractivity contribution in [3.05, 3.63) is 76.0 Å². The van der Waals surface area contributed by atoms with Crippen LogP contribution in [0.25, 0.3) is 0 Å². The van der Waals surface area contributed by atoms with Gasteiger partial charge in [-0.15, -0.1) is 0 Å². The van der Waals surface area contributed by atoms with E-state index in [-0.39, 0.29) is 44.4 Å². The Morgan fingerprint density at radius 2 is 1.59 bits per heavy atom. The van der Waals surface area contributed by atoms with E-state index in [1.807, 2.05) is 0 Å². The van der Waals surface area contributed by atoms with Crippen LogP contribution in [0.2, 0.25) is 10.0 Å². The predicted molar refractivity (Wildman–Crippen MR) is 155 cm³/mol. The average molecular weight is 696 g/mol. The number of rotatable bonds is 15. The number of aromatic nitrogens is 1. The first-order valence-corrected chi connectivity index (χ1v) is 16.8. The third-order valence-corrected chi connectivity index (χ3v) is 10.0. The zero-order valence-corrected chi connectivity index (χ0v) is 26.2. The molecule has 238 valence electrons. The molecular weight excluding hydrogens is 667 g/mol. The molecule has 1 aliphatic rings. The molecule has 1 saturated carbocycles. The summed E-state index contributed by atoms with van der Waals surface area (Å²) in [6.07, 6.45) is 3.64. The molecule has 44 heavy (non-hydrogen) atoms. The van der Waals surface area contributed by atoms with E-state index in [2.05, 4.69) is 19.2 Å². The van der Waals surface area contributed by atoms with Crippen LogP contribution in [0.5, 0.6) is 11.5 Å². The van der Waals surface area contributed by atoms with E-state index in [0.29, 0.717) is 17.0 Å². The van der Waals surface area contributed by atoms with Crippen molar-refractivity contribution in [1.29, 1.82) is 0 Å². The van der Waals surface area contributed by atoms with Gasteiger partial charge in [-0.25, -0.2) is 26.5 Å². The minimum absolute atomic E-state index is 0.0128. The quantitative estimate of drug-likeness (QED) is 0.227. The van der Waals surface area contributed by atoms with Gasteiger partial charge in [0.1, 0.15) is 22.7 Å². The molecule has 11 nitrogen and oxygen atoms in total. The van der Waals surface area contributed by atoms with Crippen LogP contribution in [0.15, 0.2) is 64.6 Å². The topological polar surface area (TPSA) is 151 Å². The van der Waals surface area contributed by atoms with E-state index in [4.69, 9.17) is 32.7 Å². The summed E-state index contributed by atoms with van der Waals surface area (Å²) in [4.78, 5) is 15.3. The summed E-state index contributed by atoms with van der Waals surface area (Å²) in [5, 5.41) is 0.455. The van der Waals surface area contributed by atoms with E-state index in [1.165, 1.54) is 37.6 Å². The number of esters is 1. The third kappa shape index (κ3) is 8.99. The molecule has 1 fully saturated rings. The van der Waals surface area contributed by atoms with E-state index in [9.17, 15) is 30.4 Å². The lowest BCUT2D eigenvalue weighted by atomic mass is 10.0. The molecule has 0 radical (unpaired) electrons. The first-order valence-electron chi connectivity index (χ1n) is 13.1. The molecule has 3 aromatic rings. The van der Waals surface area contributed by atoms with Crippen molar-refractivity contribution in [2.75, 3.05) is 20.2 Å². The largest absolute Gasteiger partial charge is 0.489 e.